The number of carbonyl (C=O) groups is 3. The molecule has 0 unspecified atom stereocenters. The molecular weight excluding hydrogens is 439 g/mol. The molecule has 0 bridgehead atoms. The largest absolute Gasteiger partial charge is 0.465 e. The van der Waals surface area contributed by atoms with E-state index in [1.165, 1.54) is 7.11 Å². The predicted octanol–water partition coefficient (Wildman–Crippen LogP) is 3.90. The normalized spacial score (nSPS) is 12.5. The zero-order valence-corrected chi connectivity index (χ0v) is 18.5. The second-order valence-electron chi connectivity index (χ2n) is 5.75. The van der Waals surface area contributed by atoms with Gasteiger partial charge in [-0.25, -0.2) is 9.59 Å². The van der Waals surface area contributed by atoms with E-state index in [1.54, 1.807) is 27.7 Å². The van der Waals surface area contributed by atoms with Crippen molar-refractivity contribution in [2.75, 3.05) is 19.0 Å². The fourth-order valence-corrected chi connectivity index (χ4v) is 3.46. The van der Waals surface area contributed by atoms with Gasteiger partial charge in [-0.3, -0.25) is 4.79 Å². The molecular formula is C16H21Cl3N2O5S. The van der Waals surface area contributed by atoms with Gasteiger partial charge in [0.1, 0.15) is 16.0 Å². The van der Waals surface area contributed by atoms with Crippen LogP contribution in [0.4, 0.5) is 5.00 Å². The third kappa shape index (κ3) is 6.14. The minimum atomic E-state index is -1.93. The Morgan fingerprint density at radius 1 is 1.19 bits per heavy atom. The van der Waals surface area contributed by atoms with Crippen LogP contribution >= 0.6 is 46.1 Å². The maximum absolute atomic E-state index is 12.4. The first-order valence-corrected chi connectivity index (χ1v) is 9.91. The van der Waals surface area contributed by atoms with Crippen LogP contribution in [0.2, 0.25) is 0 Å². The Balaban J connectivity index is 3.37. The number of thiophene rings is 1. The van der Waals surface area contributed by atoms with Crippen LogP contribution in [-0.2, 0) is 14.3 Å². The predicted molar refractivity (Wildman–Crippen MR) is 107 cm³/mol. The van der Waals surface area contributed by atoms with Gasteiger partial charge < -0.3 is 20.1 Å². The molecule has 27 heavy (non-hydrogen) atoms. The number of anilines is 1. The summed E-state index contributed by atoms with van der Waals surface area (Å²) in [5.41, 5.74) is 0.478. The molecule has 1 aromatic rings. The molecule has 0 spiro atoms. The van der Waals surface area contributed by atoms with Crippen molar-refractivity contribution in [2.24, 2.45) is 5.92 Å². The minimum absolute atomic E-state index is 0.111. The van der Waals surface area contributed by atoms with Crippen LogP contribution in [0.25, 0.3) is 0 Å². The molecule has 0 aliphatic heterocycles. The van der Waals surface area contributed by atoms with Crippen LogP contribution in [0.1, 0.15) is 46.4 Å². The molecule has 7 nitrogen and oxygen atoms in total. The molecule has 0 aliphatic carbocycles. The van der Waals surface area contributed by atoms with Crippen molar-refractivity contribution in [3.63, 3.8) is 0 Å². The van der Waals surface area contributed by atoms with Gasteiger partial charge in [0.2, 0.25) is 9.70 Å². The van der Waals surface area contributed by atoms with E-state index in [0.717, 1.165) is 11.3 Å². The average Bonchev–Trinajstić information content (AvgIpc) is 2.89. The molecule has 0 fully saturated rings. The lowest BCUT2D eigenvalue weighted by molar-refractivity contribution is -0.124. The summed E-state index contributed by atoms with van der Waals surface area (Å²) in [4.78, 5) is 36.6. The monoisotopic (exact) mass is 458 g/mol. The Morgan fingerprint density at radius 2 is 1.78 bits per heavy atom. The summed E-state index contributed by atoms with van der Waals surface area (Å²) < 4.78 is 7.86. The van der Waals surface area contributed by atoms with Crippen LogP contribution < -0.4 is 10.6 Å². The Labute approximate surface area is 176 Å². The van der Waals surface area contributed by atoms with Crippen LogP contribution in [0.5, 0.6) is 0 Å². The highest BCUT2D eigenvalue weighted by Crippen LogP contribution is 2.38. The lowest BCUT2D eigenvalue weighted by Crippen LogP contribution is -2.50. The summed E-state index contributed by atoms with van der Waals surface area (Å²) in [6, 6.07) is 0. The average molecular weight is 460 g/mol. The highest BCUT2D eigenvalue weighted by Gasteiger charge is 2.37. The summed E-state index contributed by atoms with van der Waals surface area (Å²) in [5, 5.41) is 5.62. The van der Waals surface area contributed by atoms with E-state index in [0.29, 0.717) is 5.56 Å². The number of amides is 1. The molecule has 11 heteroatoms. The molecule has 0 saturated heterocycles. The number of esters is 2. The zero-order valence-electron chi connectivity index (χ0n) is 15.4. The quantitative estimate of drug-likeness (QED) is 0.365. The molecule has 152 valence electrons. The van der Waals surface area contributed by atoms with Crippen molar-refractivity contribution in [3.05, 3.63) is 16.0 Å². The maximum atomic E-state index is 12.4. The van der Waals surface area contributed by atoms with Gasteiger partial charge in [0.15, 0.2) is 0 Å². The number of hydrogen-bond acceptors (Lipinski definition) is 7. The number of ether oxygens (including phenoxy) is 2. The van der Waals surface area contributed by atoms with Gasteiger partial charge in [0, 0.05) is 5.92 Å². The minimum Gasteiger partial charge on any atom is -0.465 e. The summed E-state index contributed by atoms with van der Waals surface area (Å²) >= 11 is 18.9. The molecule has 0 radical (unpaired) electrons. The van der Waals surface area contributed by atoms with Gasteiger partial charge in [0.05, 0.1) is 19.3 Å². The maximum Gasteiger partial charge on any atom is 0.348 e. The van der Waals surface area contributed by atoms with Gasteiger partial charge in [-0.15, -0.1) is 11.3 Å². The Bertz CT molecular complexity index is 716. The number of methoxy groups -OCH3 is 1. The fourth-order valence-electron chi connectivity index (χ4n) is 1.99. The molecule has 0 aliphatic rings. The van der Waals surface area contributed by atoms with E-state index < -0.39 is 21.9 Å². The number of carbonyl (C=O) groups excluding carboxylic acids is 3. The van der Waals surface area contributed by atoms with Crippen molar-refractivity contribution < 1.29 is 23.9 Å². The third-order valence-electron chi connectivity index (χ3n) is 3.41. The van der Waals surface area contributed by atoms with Crippen molar-refractivity contribution in [3.8, 4) is 0 Å². The zero-order chi connectivity index (χ0) is 20.9. The van der Waals surface area contributed by atoms with E-state index >= 15 is 0 Å². The topological polar surface area (TPSA) is 93.7 Å². The molecule has 2 N–H and O–H groups in total. The first kappa shape index (κ1) is 23.8. The number of alkyl halides is 3. The molecule has 0 saturated carbocycles. The van der Waals surface area contributed by atoms with E-state index in [2.05, 4.69) is 10.6 Å². The van der Waals surface area contributed by atoms with Crippen molar-refractivity contribution >= 4 is 69.0 Å². The highest BCUT2D eigenvalue weighted by molar-refractivity contribution is 7.18. The number of hydrogen-bond donors (Lipinski definition) is 2. The summed E-state index contributed by atoms with van der Waals surface area (Å²) in [5.74, 6) is -1.99. The van der Waals surface area contributed by atoms with Gasteiger partial charge in [0.25, 0.3) is 0 Å². The number of rotatable bonds is 7. The number of nitrogens with one attached hydrogen (secondary N) is 2. The third-order valence-corrected chi connectivity index (χ3v) is 5.27. The second-order valence-corrected chi connectivity index (χ2v) is 9.14. The van der Waals surface area contributed by atoms with Gasteiger partial charge in [-0.05, 0) is 19.4 Å². The van der Waals surface area contributed by atoms with Crippen LogP contribution in [0.3, 0.4) is 0 Å². The standard InChI is InChI=1S/C16H21Cl3N2O5S/c1-6-26-13(23)9-8(4)10(14(24)25-5)27-12(9)21-15(16(17,18)19)20-11(22)7(2)3/h7,15,21H,6H2,1-5H3,(H,20,22)/t15-/m0/s1. The van der Waals surface area contributed by atoms with Crippen molar-refractivity contribution in [1.29, 1.82) is 0 Å². The SMILES string of the molecule is CCOC(=O)c1c(N[C@H](NC(=O)C(C)C)C(Cl)(Cl)Cl)sc(C(=O)OC)c1C. The van der Waals surface area contributed by atoms with E-state index in [4.69, 9.17) is 44.3 Å². The highest BCUT2D eigenvalue weighted by atomic mass is 35.6. The van der Waals surface area contributed by atoms with Crippen molar-refractivity contribution in [1.82, 2.24) is 5.32 Å². The lowest BCUT2D eigenvalue weighted by atomic mass is 10.1. The Kier molecular flexibility index (Phi) is 8.66. The molecule has 1 heterocycles. The summed E-state index contributed by atoms with van der Waals surface area (Å²) in [7, 11) is 1.23. The van der Waals surface area contributed by atoms with Gasteiger partial charge in [-0.2, -0.15) is 0 Å². The van der Waals surface area contributed by atoms with E-state index in [9.17, 15) is 14.4 Å². The Morgan fingerprint density at radius 3 is 2.22 bits per heavy atom. The first-order chi connectivity index (χ1) is 12.4. The van der Waals surface area contributed by atoms with E-state index in [-0.39, 0.29) is 33.9 Å². The molecule has 1 aromatic heterocycles. The van der Waals surface area contributed by atoms with Crippen LogP contribution in [-0.4, -0.2) is 41.5 Å². The summed E-state index contributed by atoms with van der Waals surface area (Å²) in [6.45, 7) is 6.73. The van der Waals surface area contributed by atoms with Crippen molar-refractivity contribution in [2.45, 2.75) is 37.7 Å². The second kappa shape index (κ2) is 9.82. The smallest absolute Gasteiger partial charge is 0.348 e. The van der Waals surface area contributed by atoms with Crippen LogP contribution in [0.15, 0.2) is 0 Å². The van der Waals surface area contributed by atoms with Crippen LogP contribution in [0, 0.1) is 12.8 Å². The molecule has 1 atom stereocenters. The van der Waals surface area contributed by atoms with E-state index in [1.807, 2.05) is 0 Å². The van der Waals surface area contributed by atoms with Gasteiger partial charge >= 0.3 is 11.9 Å². The molecule has 1 amide bonds. The van der Waals surface area contributed by atoms with Gasteiger partial charge in [-0.1, -0.05) is 48.7 Å². The first-order valence-electron chi connectivity index (χ1n) is 7.96. The molecule has 1 rings (SSSR count). The lowest BCUT2D eigenvalue weighted by Gasteiger charge is -2.28. The fraction of sp³-hybridized carbons (Fsp3) is 0.562. The number of halogens is 3. The Hall–Kier alpha value is -1.22. The summed E-state index contributed by atoms with van der Waals surface area (Å²) in [6.07, 6.45) is -1.16. The molecule has 0 aromatic carbocycles.